The van der Waals surface area contributed by atoms with Gasteiger partial charge in [0.2, 0.25) is 10.0 Å². The lowest BCUT2D eigenvalue weighted by molar-refractivity contribution is 0.0689. The predicted octanol–water partition coefficient (Wildman–Crippen LogP) is 6.22. The van der Waals surface area contributed by atoms with Crippen molar-refractivity contribution in [1.82, 2.24) is 4.31 Å². The molecule has 3 rings (SSSR count). The second-order valence-corrected chi connectivity index (χ2v) is 13.5. The number of aliphatic hydroxyl groups excluding tert-OH is 1. The molecule has 0 bridgehead atoms. The molecule has 0 saturated carbocycles. The molecule has 0 amide bonds. The van der Waals surface area contributed by atoms with Crippen molar-refractivity contribution < 1.29 is 32.6 Å². The van der Waals surface area contributed by atoms with Crippen molar-refractivity contribution in [2.24, 2.45) is 11.8 Å². The summed E-state index contributed by atoms with van der Waals surface area (Å²) in [5.74, 6) is 0.00896. The number of unbranched alkanes of at least 4 members (excludes halogenated alkanes) is 1. The highest BCUT2D eigenvalue weighted by molar-refractivity contribution is 7.89. The van der Waals surface area contributed by atoms with Crippen molar-refractivity contribution in [3.05, 3.63) is 89.5 Å². The standard InChI is InChI=1S/C35H45NO7S/c1-6-7-13-33(37)28-19-29(21-31(20-28)43-5)34(38)22-27(18-26-11-9-8-10-12-26)35(39)24-36(23-25(2)3)44(40,41)32-16-14-30(42-4)15-17-32/h8-12,14-17,19-21,25,27,35,39H,6-7,13,18,22-24H2,1-5H3/t27-,35-/m1/s1. The van der Waals surface area contributed by atoms with E-state index in [0.29, 0.717) is 35.5 Å². The lowest BCUT2D eigenvalue weighted by Gasteiger charge is -2.30. The van der Waals surface area contributed by atoms with Crippen LogP contribution in [0, 0.1) is 11.8 Å². The van der Waals surface area contributed by atoms with Crippen LogP contribution in [0.15, 0.2) is 77.7 Å². The van der Waals surface area contributed by atoms with E-state index in [2.05, 4.69) is 0 Å². The van der Waals surface area contributed by atoms with Crippen LogP contribution in [0.5, 0.6) is 11.5 Å². The van der Waals surface area contributed by atoms with Gasteiger partial charge in [0.1, 0.15) is 11.5 Å². The van der Waals surface area contributed by atoms with Gasteiger partial charge < -0.3 is 14.6 Å². The maximum Gasteiger partial charge on any atom is 0.243 e. The number of hydrogen-bond donors (Lipinski definition) is 1. The van der Waals surface area contributed by atoms with Crippen LogP contribution in [0.3, 0.4) is 0 Å². The number of aliphatic hydroxyl groups is 1. The van der Waals surface area contributed by atoms with E-state index < -0.39 is 22.0 Å². The van der Waals surface area contributed by atoms with Gasteiger partial charge in [-0.25, -0.2) is 8.42 Å². The summed E-state index contributed by atoms with van der Waals surface area (Å²) in [5, 5.41) is 11.6. The number of carbonyl (C=O) groups is 2. The molecule has 8 nitrogen and oxygen atoms in total. The molecule has 0 aromatic heterocycles. The minimum Gasteiger partial charge on any atom is -0.497 e. The van der Waals surface area contributed by atoms with Gasteiger partial charge in [-0.2, -0.15) is 4.31 Å². The average Bonchev–Trinajstić information content (AvgIpc) is 3.02. The smallest absolute Gasteiger partial charge is 0.243 e. The summed E-state index contributed by atoms with van der Waals surface area (Å²) in [4.78, 5) is 26.6. The normalized spacial score (nSPS) is 13.1. The van der Waals surface area contributed by atoms with E-state index in [-0.39, 0.29) is 41.9 Å². The van der Waals surface area contributed by atoms with Crippen LogP contribution in [-0.2, 0) is 16.4 Å². The van der Waals surface area contributed by atoms with Crippen LogP contribution in [-0.4, -0.2) is 62.8 Å². The maximum absolute atomic E-state index is 13.7. The van der Waals surface area contributed by atoms with Crippen molar-refractivity contribution in [2.75, 3.05) is 27.3 Å². The minimum atomic E-state index is -3.96. The molecule has 0 saturated heterocycles. The van der Waals surface area contributed by atoms with Gasteiger partial charge in [0.15, 0.2) is 11.6 Å². The summed E-state index contributed by atoms with van der Waals surface area (Å²) < 4.78 is 39.3. The van der Waals surface area contributed by atoms with Crippen LogP contribution in [0.4, 0.5) is 0 Å². The summed E-state index contributed by atoms with van der Waals surface area (Å²) in [6.45, 7) is 5.84. The highest BCUT2D eigenvalue weighted by Gasteiger charge is 2.32. The molecule has 238 valence electrons. The number of ketones is 2. The van der Waals surface area contributed by atoms with Gasteiger partial charge >= 0.3 is 0 Å². The molecule has 2 atom stereocenters. The number of benzene rings is 3. The average molecular weight is 624 g/mol. The van der Waals surface area contributed by atoms with Gasteiger partial charge in [-0.05, 0) is 72.7 Å². The second-order valence-electron chi connectivity index (χ2n) is 11.5. The Balaban J connectivity index is 1.93. The highest BCUT2D eigenvalue weighted by atomic mass is 32.2. The maximum atomic E-state index is 13.7. The number of sulfonamides is 1. The Morgan fingerprint density at radius 1 is 0.841 bits per heavy atom. The number of carbonyl (C=O) groups excluding carboxylic acids is 2. The Labute approximate surface area is 262 Å². The molecule has 44 heavy (non-hydrogen) atoms. The molecule has 0 spiro atoms. The van der Waals surface area contributed by atoms with Crippen molar-refractivity contribution in [1.29, 1.82) is 0 Å². The van der Waals surface area contributed by atoms with Gasteiger partial charge in [-0.15, -0.1) is 0 Å². The monoisotopic (exact) mass is 623 g/mol. The van der Waals surface area contributed by atoms with E-state index in [4.69, 9.17) is 9.47 Å². The fourth-order valence-electron chi connectivity index (χ4n) is 5.07. The van der Waals surface area contributed by atoms with Crippen molar-refractivity contribution in [3.63, 3.8) is 0 Å². The zero-order chi connectivity index (χ0) is 32.3. The van der Waals surface area contributed by atoms with E-state index in [1.807, 2.05) is 51.1 Å². The summed E-state index contributed by atoms with van der Waals surface area (Å²) in [6.07, 6.45) is 1.16. The third-order valence-electron chi connectivity index (χ3n) is 7.53. The van der Waals surface area contributed by atoms with Crippen LogP contribution < -0.4 is 9.47 Å². The van der Waals surface area contributed by atoms with E-state index in [9.17, 15) is 23.1 Å². The molecule has 9 heteroatoms. The molecule has 1 N–H and O–H groups in total. The molecule has 0 radical (unpaired) electrons. The molecule has 0 unspecified atom stereocenters. The predicted molar refractivity (Wildman–Crippen MR) is 172 cm³/mol. The minimum absolute atomic E-state index is 0.00937. The van der Waals surface area contributed by atoms with E-state index in [1.165, 1.54) is 30.7 Å². The number of rotatable bonds is 18. The fraction of sp³-hybridized carbons (Fsp3) is 0.429. The van der Waals surface area contributed by atoms with E-state index >= 15 is 0 Å². The number of ether oxygens (including phenoxy) is 2. The van der Waals surface area contributed by atoms with Crippen LogP contribution in [0.2, 0.25) is 0 Å². The first-order valence-electron chi connectivity index (χ1n) is 15.1. The second kappa shape index (κ2) is 16.5. The van der Waals surface area contributed by atoms with Crippen LogP contribution >= 0.6 is 0 Å². The topological polar surface area (TPSA) is 110 Å². The molecule has 0 fully saturated rings. The quantitative estimate of drug-likeness (QED) is 0.168. The Kier molecular flexibility index (Phi) is 13.1. The first-order chi connectivity index (χ1) is 21.0. The van der Waals surface area contributed by atoms with Crippen LogP contribution in [0.25, 0.3) is 0 Å². The number of hydrogen-bond acceptors (Lipinski definition) is 7. The third kappa shape index (κ3) is 9.74. The fourth-order valence-corrected chi connectivity index (χ4v) is 6.69. The Morgan fingerprint density at radius 3 is 2.02 bits per heavy atom. The van der Waals surface area contributed by atoms with E-state index in [1.54, 1.807) is 30.3 Å². The van der Waals surface area contributed by atoms with Gasteiger partial charge in [-0.3, -0.25) is 9.59 Å². The molecular weight excluding hydrogens is 578 g/mol. The number of methoxy groups -OCH3 is 2. The zero-order valence-electron chi connectivity index (χ0n) is 26.4. The van der Waals surface area contributed by atoms with Crippen LogP contribution in [0.1, 0.15) is 72.7 Å². The van der Waals surface area contributed by atoms with Crippen molar-refractivity contribution in [2.45, 2.75) is 63.9 Å². The largest absolute Gasteiger partial charge is 0.497 e. The van der Waals surface area contributed by atoms with Crippen molar-refractivity contribution in [3.8, 4) is 11.5 Å². The Bertz CT molecular complexity index is 1470. The first kappa shape index (κ1) is 35.0. The molecule has 3 aromatic rings. The molecule has 0 aliphatic carbocycles. The van der Waals surface area contributed by atoms with E-state index in [0.717, 1.165) is 18.4 Å². The first-order valence-corrected chi connectivity index (χ1v) is 16.5. The van der Waals surface area contributed by atoms with Gasteiger partial charge in [0.05, 0.1) is 25.2 Å². The van der Waals surface area contributed by atoms with Gasteiger partial charge in [-0.1, -0.05) is 57.5 Å². The van der Waals surface area contributed by atoms with Crippen molar-refractivity contribution >= 4 is 21.6 Å². The Hall–Kier alpha value is -3.53. The molecule has 3 aromatic carbocycles. The van der Waals surface area contributed by atoms with Gasteiger partial charge in [0, 0.05) is 37.1 Å². The molecule has 0 heterocycles. The molecule has 0 aliphatic heterocycles. The zero-order valence-corrected chi connectivity index (χ0v) is 27.2. The Morgan fingerprint density at radius 2 is 1.45 bits per heavy atom. The summed E-state index contributed by atoms with van der Waals surface area (Å²) >= 11 is 0. The summed E-state index contributed by atoms with van der Waals surface area (Å²) in [6, 6.07) is 20.5. The van der Waals surface area contributed by atoms with Gasteiger partial charge in [0.25, 0.3) is 0 Å². The molecular formula is C35H45NO7S. The number of Topliss-reactive ketones (excluding diaryl/α,β-unsaturated/α-hetero) is 2. The SMILES string of the molecule is CCCCC(=O)c1cc(OC)cc(C(=O)C[C@@H](Cc2ccccc2)[C@H](O)CN(CC(C)C)S(=O)(=O)c2ccc(OC)cc2)c1. The number of nitrogens with zero attached hydrogens (tertiary/aromatic N) is 1. The highest BCUT2D eigenvalue weighted by Crippen LogP contribution is 2.27. The summed E-state index contributed by atoms with van der Waals surface area (Å²) in [7, 11) is -0.962. The lowest BCUT2D eigenvalue weighted by Crippen LogP contribution is -2.43. The molecule has 0 aliphatic rings. The summed E-state index contributed by atoms with van der Waals surface area (Å²) in [5.41, 5.74) is 1.65. The third-order valence-corrected chi connectivity index (χ3v) is 9.38. The lowest BCUT2D eigenvalue weighted by atomic mass is 9.87.